The summed E-state index contributed by atoms with van der Waals surface area (Å²) in [5.41, 5.74) is 0. The molecule has 4 nitrogen and oxygen atoms in total. The number of rotatable bonds is 5. The maximum absolute atomic E-state index is 12.0. The predicted octanol–water partition coefficient (Wildman–Crippen LogP) is 0.738. The second kappa shape index (κ2) is 5.31. The van der Waals surface area contributed by atoms with E-state index in [0.29, 0.717) is 13.1 Å². The summed E-state index contributed by atoms with van der Waals surface area (Å²) in [5, 5.41) is 12.7. The average molecular weight is 237 g/mol. The maximum Gasteiger partial charge on any atom is 0.415 e. The summed E-state index contributed by atoms with van der Waals surface area (Å²) >= 11 is 0. The van der Waals surface area contributed by atoms with E-state index in [2.05, 4.69) is 5.10 Å². The molecule has 1 unspecified atom stereocenters. The Morgan fingerprint density at radius 1 is 1.50 bits per heavy atom. The van der Waals surface area contributed by atoms with Crippen LogP contribution in [0.3, 0.4) is 0 Å². The fourth-order valence-corrected chi connectivity index (χ4v) is 1.20. The van der Waals surface area contributed by atoms with E-state index in [1.165, 1.54) is 11.9 Å². The van der Waals surface area contributed by atoms with Gasteiger partial charge in [0.15, 0.2) is 6.10 Å². The van der Waals surface area contributed by atoms with Gasteiger partial charge in [0.05, 0.1) is 6.54 Å². The number of aliphatic hydroxyl groups excluding tert-OH is 1. The Balaban J connectivity index is 2.28. The maximum atomic E-state index is 12.0. The van der Waals surface area contributed by atoms with Gasteiger partial charge in [-0.1, -0.05) is 0 Å². The zero-order valence-corrected chi connectivity index (χ0v) is 8.85. The molecule has 0 saturated heterocycles. The number of hydrogen-bond donors (Lipinski definition) is 1. The van der Waals surface area contributed by atoms with Crippen molar-refractivity contribution in [3.8, 4) is 0 Å². The van der Waals surface area contributed by atoms with Crippen molar-refractivity contribution in [3.05, 3.63) is 18.5 Å². The van der Waals surface area contributed by atoms with E-state index in [1.807, 2.05) is 0 Å². The fourth-order valence-electron chi connectivity index (χ4n) is 1.20. The summed E-state index contributed by atoms with van der Waals surface area (Å²) in [7, 11) is 1.53. The Morgan fingerprint density at radius 2 is 2.19 bits per heavy atom. The van der Waals surface area contributed by atoms with E-state index < -0.39 is 18.8 Å². The molecule has 92 valence electrons. The highest BCUT2D eigenvalue weighted by Crippen LogP contribution is 2.20. The molecule has 0 aromatic carbocycles. The lowest BCUT2D eigenvalue weighted by molar-refractivity contribution is -0.207. The second-order valence-corrected chi connectivity index (χ2v) is 3.59. The van der Waals surface area contributed by atoms with Gasteiger partial charge in [0.1, 0.15) is 0 Å². The molecule has 0 bridgehead atoms. The lowest BCUT2D eigenvalue weighted by Gasteiger charge is -2.22. The Hall–Kier alpha value is -1.08. The fraction of sp³-hybridized carbons (Fsp3) is 0.667. The highest BCUT2D eigenvalue weighted by molar-refractivity contribution is 4.78. The van der Waals surface area contributed by atoms with Crippen LogP contribution in [0.25, 0.3) is 0 Å². The van der Waals surface area contributed by atoms with Gasteiger partial charge in [-0.2, -0.15) is 18.3 Å². The van der Waals surface area contributed by atoms with E-state index in [0.717, 1.165) is 0 Å². The number of aliphatic hydroxyl groups is 1. The van der Waals surface area contributed by atoms with Crippen molar-refractivity contribution in [2.75, 3.05) is 20.1 Å². The summed E-state index contributed by atoms with van der Waals surface area (Å²) in [4.78, 5) is 1.42. The van der Waals surface area contributed by atoms with Crippen molar-refractivity contribution in [2.24, 2.45) is 0 Å². The highest BCUT2D eigenvalue weighted by atomic mass is 19.4. The Kier molecular flexibility index (Phi) is 4.31. The van der Waals surface area contributed by atoms with E-state index in [-0.39, 0.29) is 0 Å². The first-order chi connectivity index (χ1) is 7.39. The minimum absolute atomic E-state index is 0.398. The van der Waals surface area contributed by atoms with Crippen molar-refractivity contribution < 1.29 is 18.3 Å². The van der Waals surface area contributed by atoms with Crippen molar-refractivity contribution in [2.45, 2.75) is 18.8 Å². The molecule has 0 aliphatic rings. The van der Waals surface area contributed by atoms with Crippen LogP contribution >= 0.6 is 0 Å². The van der Waals surface area contributed by atoms with Gasteiger partial charge in [0.25, 0.3) is 0 Å². The highest BCUT2D eigenvalue weighted by Gasteiger charge is 2.38. The normalized spacial score (nSPS) is 14.4. The Labute approximate surface area is 91.3 Å². The van der Waals surface area contributed by atoms with Crippen LogP contribution in [0.1, 0.15) is 0 Å². The molecule has 1 heterocycles. The summed E-state index contributed by atoms with van der Waals surface area (Å²) in [6.07, 6.45) is -3.52. The molecule has 1 N–H and O–H groups in total. The van der Waals surface area contributed by atoms with Crippen LogP contribution in [0, 0.1) is 0 Å². The van der Waals surface area contributed by atoms with Gasteiger partial charge in [0, 0.05) is 25.5 Å². The number of alkyl halides is 3. The Bertz CT molecular complexity index is 299. The minimum atomic E-state index is -4.56. The van der Waals surface area contributed by atoms with E-state index in [9.17, 15) is 13.2 Å². The minimum Gasteiger partial charge on any atom is -0.382 e. The van der Waals surface area contributed by atoms with E-state index >= 15 is 0 Å². The summed E-state index contributed by atoms with van der Waals surface area (Å²) in [6, 6.07) is 1.74. The number of likely N-dealkylation sites (N-methyl/N-ethyl adjacent to an activating group) is 1. The molecule has 0 radical (unpaired) electrons. The van der Waals surface area contributed by atoms with Gasteiger partial charge in [-0.25, -0.2) is 0 Å². The third-order valence-corrected chi connectivity index (χ3v) is 2.13. The van der Waals surface area contributed by atoms with Gasteiger partial charge in [-0.05, 0) is 13.1 Å². The van der Waals surface area contributed by atoms with Crippen LogP contribution in [0.5, 0.6) is 0 Å². The van der Waals surface area contributed by atoms with Crippen molar-refractivity contribution in [1.82, 2.24) is 14.7 Å². The van der Waals surface area contributed by atoms with Gasteiger partial charge >= 0.3 is 6.18 Å². The molecule has 16 heavy (non-hydrogen) atoms. The van der Waals surface area contributed by atoms with Crippen LogP contribution in [0.15, 0.2) is 18.5 Å². The van der Waals surface area contributed by atoms with Crippen LogP contribution in [-0.2, 0) is 6.54 Å². The first-order valence-electron chi connectivity index (χ1n) is 4.80. The largest absolute Gasteiger partial charge is 0.415 e. The lowest BCUT2D eigenvalue weighted by Crippen LogP contribution is -2.40. The topological polar surface area (TPSA) is 41.3 Å². The van der Waals surface area contributed by atoms with Crippen LogP contribution < -0.4 is 0 Å². The number of aromatic nitrogens is 2. The molecule has 0 aliphatic carbocycles. The summed E-state index contributed by atoms with van der Waals surface area (Å²) < 4.78 is 37.7. The predicted molar refractivity (Wildman–Crippen MR) is 51.8 cm³/mol. The average Bonchev–Trinajstić information content (AvgIpc) is 2.65. The number of halogens is 3. The first kappa shape index (κ1) is 13.0. The number of nitrogens with zero attached hydrogens (tertiary/aromatic N) is 3. The second-order valence-electron chi connectivity index (χ2n) is 3.59. The molecule has 1 atom stereocenters. The zero-order valence-electron chi connectivity index (χ0n) is 8.85. The van der Waals surface area contributed by atoms with Gasteiger partial charge in [-0.3, -0.25) is 4.68 Å². The third kappa shape index (κ3) is 4.19. The SMILES string of the molecule is CN(CCn1cccn1)CC(O)C(F)(F)F. The molecule has 7 heteroatoms. The molecule has 0 amide bonds. The van der Waals surface area contributed by atoms with Gasteiger partial charge < -0.3 is 10.0 Å². The van der Waals surface area contributed by atoms with Gasteiger partial charge in [0.2, 0.25) is 0 Å². The molecule has 0 aliphatic heterocycles. The van der Waals surface area contributed by atoms with Crippen LogP contribution in [0.2, 0.25) is 0 Å². The van der Waals surface area contributed by atoms with Crippen LogP contribution in [-0.4, -0.2) is 52.2 Å². The smallest absolute Gasteiger partial charge is 0.382 e. The van der Waals surface area contributed by atoms with Crippen molar-refractivity contribution in [1.29, 1.82) is 0 Å². The number of hydrogen-bond acceptors (Lipinski definition) is 3. The van der Waals surface area contributed by atoms with E-state index in [1.54, 1.807) is 23.1 Å². The third-order valence-electron chi connectivity index (χ3n) is 2.13. The molecule has 1 rings (SSSR count). The molecule has 0 spiro atoms. The van der Waals surface area contributed by atoms with Crippen molar-refractivity contribution in [3.63, 3.8) is 0 Å². The summed E-state index contributed by atoms with van der Waals surface area (Å²) in [6.45, 7) is 0.466. The lowest BCUT2D eigenvalue weighted by atomic mass is 10.3. The molecule has 1 aromatic heterocycles. The van der Waals surface area contributed by atoms with Gasteiger partial charge in [-0.15, -0.1) is 0 Å². The Morgan fingerprint density at radius 3 is 2.69 bits per heavy atom. The molecule has 1 aromatic rings. The monoisotopic (exact) mass is 237 g/mol. The quantitative estimate of drug-likeness (QED) is 0.821. The van der Waals surface area contributed by atoms with Crippen molar-refractivity contribution >= 4 is 0 Å². The summed E-state index contributed by atoms with van der Waals surface area (Å²) in [5.74, 6) is 0. The molecule has 0 fully saturated rings. The first-order valence-corrected chi connectivity index (χ1v) is 4.80. The molecular formula is C9H14F3N3O. The molecular weight excluding hydrogens is 223 g/mol. The van der Waals surface area contributed by atoms with E-state index in [4.69, 9.17) is 5.11 Å². The standard InChI is InChI=1S/C9H14F3N3O/c1-14(7-8(16)9(10,11)12)5-6-15-4-2-3-13-15/h2-4,8,16H,5-7H2,1H3. The van der Waals surface area contributed by atoms with Crippen LogP contribution in [0.4, 0.5) is 13.2 Å². The molecule has 0 saturated carbocycles. The zero-order chi connectivity index (χ0) is 12.2.